The molecule has 0 atom stereocenters. The molecular weight excluding hydrogens is 118 g/mol. The van der Waals surface area contributed by atoms with Crippen LogP contribution in [0.1, 0.15) is 5.56 Å². The minimum Gasteiger partial charge on any atom is -0.389 e. The van der Waals surface area contributed by atoms with Crippen LogP contribution in [-0.2, 0) is 7.05 Å². The Labute approximate surface area is 53.2 Å². The van der Waals surface area contributed by atoms with E-state index in [1.165, 1.54) is 0 Å². The van der Waals surface area contributed by atoms with E-state index in [9.17, 15) is 0 Å². The zero-order chi connectivity index (χ0) is 6.85. The fraction of sp³-hybridized carbons (Fsp3) is 0.400. The molecule has 0 amide bonds. The monoisotopic (exact) mass is 127 g/mol. The molecule has 0 saturated carbocycles. The number of hydrogen-bond acceptors (Lipinski definition) is 3. The minimum absolute atomic E-state index is 0.484. The molecule has 0 radical (unpaired) electrons. The normalized spacial score (nSPS) is 9.67. The molecule has 0 aliphatic carbocycles. The zero-order valence-electron chi connectivity index (χ0n) is 5.46. The van der Waals surface area contributed by atoms with Crippen molar-refractivity contribution in [2.75, 3.05) is 0 Å². The fourth-order valence-electron chi connectivity index (χ4n) is 0.703. The second kappa shape index (κ2) is 2.06. The predicted octanol–water partition coefficient (Wildman–Crippen LogP) is -0.0190. The van der Waals surface area contributed by atoms with Gasteiger partial charge in [-0.2, -0.15) is 5.90 Å². The van der Waals surface area contributed by atoms with Gasteiger partial charge in [0.25, 0.3) is 5.88 Å². The van der Waals surface area contributed by atoms with Gasteiger partial charge < -0.3 is 4.84 Å². The SMILES string of the molecule is Cc1cn(C)nc1ON. The molecule has 1 aromatic rings. The van der Waals surface area contributed by atoms with Gasteiger partial charge >= 0.3 is 0 Å². The summed E-state index contributed by atoms with van der Waals surface area (Å²) in [6.45, 7) is 1.88. The summed E-state index contributed by atoms with van der Waals surface area (Å²) >= 11 is 0. The van der Waals surface area contributed by atoms with Crippen LogP contribution in [0.25, 0.3) is 0 Å². The second-order valence-electron chi connectivity index (χ2n) is 1.91. The van der Waals surface area contributed by atoms with E-state index in [1.54, 1.807) is 4.68 Å². The van der Waals surface area contributed by atoms with Gasteiger partial charge in [0.05, 0.1) is 0 Å². The number of hydrogen-bond donors (Lipinski definition) is 1. The van der Waals surface area contributed by atoms with Crippen molar-refractivity contribution in [1.29, 1.82) is 0 Å². The average Bonchev–Trinajstić information content (AvgIpc) is 2.10. The molecule has 0 unspecified atom stereocenters. The molecule has 0 saturated heterocycles. The Morgan fingerprint density at radius 1 is 1.78 bits per heavy atom. The first-order valence-corrected chi connectivity index (χ1v) is 2.61. The van der Waals surface area contributed by atoms with Gasteiger partial charge in [0.1, 0.15) is 0 Å². The molecule has 0 bridgehead atoms. The average molecular weight is 127 g/mol. The molecule has 1 rings (SSSR count). The van der Waals surface area contributed by atoms with E-state index in [0.717, 1.165) is 5.56 Å². The molecule has 4 heteroatoms. The van der Waals surface area contributed by atoms with Gasteiger partial charge in [-0.15, -0.1) is 5.10 Å². The summed E-state index contributed by atoms with van der Waals surface area (Å²) in [7, 11) is 1.82. The van der Waals surface area contributed by atoms with E-state index < -0.39 is 0 Å². The summed E-state index contributed by atoms with van der Waals surface area (Å²) in [6.07, 6.45) is 1.84. The number of aromatic nitrogens is 2. The third-order valence-electron chi connectivity index (χ3n) is 1.08. The van der Waals surface area contributed by atoms with Crippen LogP contribution in [0.2, 0.25) is 0 Å². The second-order valence-corrected chi connectivity index (χ2v) is 1.91. The van der Waals surface area contributed by atoms with Crippen molar-refractivity contribution in [3.8, 4) is 5.88 Å². The van der Waals surface area contributed by atoms with Crippen LogP contribution in [0.15, 0.2) is 6.20 Å². The van der Waals surface area contributed by atoms with E-state index in [4.69, 9.17) is 5.90 Å². The van der Waals surface area contributed by atoms with Crippen LogP contribution < -0.4 is 10.7 Å². The molecule has 4 nitrogen and oxygen atoms in total. The van der Waals surface area contributed by atoms with Gasteiger partial charge in [0.2, 0.25) is 0 Å². The van der Waals surface area contributed by atoms with Crippen molar-refractivity contribution in [3.05, 3.63) is 11.8 Å². The van der Waals surface area contributed by atoms with Crippen LogP contribution >= 0.6 is 0 Å². The molecule has 0 fully saturated rings. The maximum Gasteiger partial charge on any atom is 0.258 e. The molecule has 1 aromatic heterocycles. The highest BCUT2D eigenvalue weighted by molar-refractivity contribution is 5.20. The fourth-order valence-corrected chi connectivity index (χ4v) is 0.703. The number of nitrogens with two attached hydrogens (primary N) is 1. The molecule has 50 valence electrons. The van der Waals surface area contributed by atoms with Crippen LogP contribution in [0.3, 0.4) is 0 Å². The maximum absolute atomic E-state index is 4.89. The Morgan fingerprint density at radius 2 is 2.44 bits per heavy atom. The summed E-state index contributed by atoms with van der Waals surface area (Å²) in [5.74, 6) is 5.37. The number of nitrogens with zero attached hydrogens (tertiary/aromatic N) is 2. The topological polar surface area (TPSA) is 53.1 Å². The summed E-state index contributed by atoms with van der Waals surface area (Å²) in [5.41, 5.74) is 0.944. The zero-order valence-corrected chi connectivity index (χ0v) is 5.46. The molecule has 0 aliphatic heterocycles. The lowest BCUT2D eigenvalue weighted by atomic mass is 10.4. The van der Waals surface area contributed by atoms with E-state index >= 15 is 0 Å². The van der Waals surface area contributed by atoms with Crippen LogP contribution in [0.4, 0.5) is 0 Å². The highest BCUT2D eigenvalue weighted by atomic mass is 16.6. The Hall–Kier alpha value is -1.03. The van der Waals surface area contributed by atoms with Crippen molar-refractivity contribution < 1.29 is 4.84 Å². The van der Waals surface area contributed by atoms with Crippen LogP contribution in [-0.4, -0.2) is 9.78 Å². The van der Waals surface area contributed by atoms with Gasteiger partial charge in [-0.25, -0.2) is 0 Å². The molecule has 1 heterocycles. The first kappa shape index (κ1) is 6.10. The molecule has 0 aliphatic rings. The maximum atomic E-state index is 4.89. The summed E-state index contributed by atoms with van der Waals surface area (Å²) < 4.78 is 1.65. The first-order valence-electron chi connectivity index (χ1n) is 2.61. The third-order valence-corrected chi connectivity index (χ3v) is 1.08. The van der Waals surface area contributed by atoms with Crippen molar-refractivity contribution in [3.63, 3.8) is 0 Å². The van der Waals surface area contributed by atoms with Gasteiger partial charge in [-0.1, -0.05) is 0 Å². The standard InChI is InChI=1S/C5H9N3O/c1-4-3-8(2)7-5(4)9-6/h3H,6H2,1-2H3. The predicted molar refractivity (Wildman–Crippen MR) is 32.8 cm³/mol. The molecule has 0 spiro atoms. The lowest BCUT2D eigenvalue weighted by Crippen LogP contribution is -2.03. The van der Waals surface area contributed by atoms with Gasteiger partial charge in [-0.3, -0.25) is 4.68 Å². The Balaban J connectivity index is 3.01. The first-order chi connectivity index (χ1) is 4.24. The Morgan fingerprint density at radius 3 is 2.67 bits per heavy atom. The molecule has 2 N–H and O–H groups in total. The van der Waals surface area contributed by atoms with Crippen molar-refractivity contribution in [1.82, 2.24) is 9.78 Å². The quantitative estimate of drug-likeness (QED) is 0.539. The lowest BCUT2D eigenvalue weighted by molar-refractivity contribution is 0.315. The molecule has 9 heavy (non-hydrogen) atoms. The Bertz CT molecular complexity index is 206. The van der Waals surface area contributed by atoms with E-state index in [1.807, 2.05) is 20.2 Å². The van der Waals surface area contributed by atoms with Crippen molar-refractivity contribution in [2.24, 2.45) is 12.9 Å². The highest BCUT2D eigenvalue weighted by Gasteiger charge is 2.00. The molecular formula is C5H9N3O. The summed E-state index contributed by atoms with van der Waals surface area (Å²) in [4.78, 5) is 4.43. The van der Waals surface area contributed by atoms with Gasteiger partial charge in [-0.05, 0) is 6.92 Å². The van der Waals surface area contributed by atoms with E-state index in [0.29, 0.717) is 5.88 Å². The third kappa shape index (κ3) is 1.02. The summed E-state index contributed by atoms with van der Waals surface area (Å²) in [6, 6.07) is 0. The van der Waals surface area contributed by atoms with Gasteiger partial charge in [0.15, 0.2) is 0 Å². The number of aryl methyl sites for hydroxylation is 2. The van der Waals surface area contributed by atoms with Crippen molar-refractivity contribution >= 4 is 0 Å². The Kier molecular flexibility index (Phi) is 1.40. The van der Waals surface area contributed by atoms with Crippen LogP contribution in [0.5, 0.6) is 5.88 Å². The lowest BCUT2D eigenvalue weighted by Gasteiger charge is -1.89. The van der Waals surface area contributed by atoms with Gasteiger partial charge in [0, 0.05) is 18.8 Å². The van der Waals surface area contributed by atoms with E-state index in [2.05, 4.69) is 9.94 Å². The largest absolute Gasteiger partial charge is 0.389 e. The van der Waals surface area contributed by atoms with Crippen LogP contribution in [0, 0.1) is 6.92 Å². The summed E-state index contributed by atoms with van der Waals surface area (Å²) in [5, 5.41) is 3.90. The number of rotatable bonds is 1. The van der Waals surface area contributed by atoms with E-state index in [-0.39, 0.29) is 0 Å². The smallest absolute Gasteiger partial charge is 0.258 e. The van der Waals surface area contributed by atoms with Crippen molar-refractivity contribution in [2.45, 2.75) is 6.92 Å². The molecule has 0 aromatic carbocycles. The highest BCUT2D eigenvalue weighted by Crippen LogP contribution is 2.10. The minimum atomic E-state index is 0.484.